The van der Waals surface area contributed by atoms with Gasteiger partial charge >= 0.3 is 17.9 Å². The first kappa shape index (κ1) is 66.9. The van der Waals surface area contributed by atoms with Crippen LogP contribution in [0.4, 0.5) is 0 Å². The molecule has 0 heterocycles. The second-order valence-electron chi connectivity index (χ2n) is 19.9. The normalized spacial score (nSPS) is 12.6. The fraction of sp³-hybridized carbons (Fsp3) is 0.766. The molecule has 6 nitrogen and oxygen atoms in total. The van der Waals surface area contributed by atoms with Crippen LogP contribution in [0.2, 0.25) is 0 Å². The minimum atomic E-state index is -0.788. The van der Waals surface area contributed by atoms with E-state index in [2.05, 4.69) is 93.7 Å². The maximum atomic E-state index is 12.9. The highest BCUT2D eigenvalue weighted by atomic mass is 16.6. The number of allylic oxidation sites excluding steroid dienone is 12. The van der Waals surface area contributed by atoms with Gasteiger partial charge in [-0.05, 0) is 109 Å². The second kappa shape index (κ2) is 58.4. The highest BCUT2D eigenvalue weighted by Gasteiger charge is 2.19. The van der Waals surface area contributed by atoms with E-state index in [9.17, 15) is 14.4 Å². The number of carbonyl (C=O) groups is 3. The van der Waals surface area contributed by atoms with Crippen molar-refractivity contribution in [2.45, 2.75) is 303 Å². The van der Waals surface area contributed by atoms with E-state index in [1.807, 2.05) is 0 Å². The molecule has 0 aliphatic rings. The van der Waals surface area contributed by atoms with Crippen molar-refractivity contribution in [3.8, 4) is 0 Å². The molecule has 0 amide bonds. The molecular formula is C64H112O6. The Morgan fingerprint density at radius 2 is 0.529 bits per heavy atom. The molecular weight excluding hydrogens is 865 g/mol. The third-order valence-corrected chi connectivity index (χ3v) is 12.9. The molecule has 0 rings (SSSR count). The summed E-state index contributed by atoms with van der Waals surface area (Å²) < 4.78 is 16.9. The Bertz CT molecular complexity index is 1310. The minimum Gasteiger partial charge on any atom is -0.462 e. The number of hydrogen-bond acceptors (Lipinski definition) is 6. The SMILES string of the molecule is CCCC/C=C\C/C=C\CCCCCCCC(=O)OC[C@H](COC(=O)CCCCCCCC/C=C\C/C=C\C/C=C\CCCCC)OC(=O)CCCCCCCCCCC/C=C\CCCCCCCC. The summed E-state index contributed by atoms with van der Waals surface area (Å²) in [4.78, 5) is 38.2. The van der Waals surface area contributed by atoms with Gasteiger partial charge in [-0.3, -0.25) is 14.4 Å². The van der Waals surface area contributed by atoms with Crippen molar-refractivity contribution in [2.75, 3.05) is 13.2 Å². The fourth-order valence-electron chi connectivity index (χ4n) is 8.34. The van der Waals surface area contributed by atoms with E-state index in [-0.39, 0.29) is 31.1 Å². The van der Waals surface area contributed by atoms with E-state index in [0.717, 1.165) is 96.3 Å². The first-order valence-corrected chi connectivity index (χ1v) is 29.9. The molecule has 0 aromatic heterocycles. The highest BCUT2D eigenvalue weighted by Crippen LogP contribution is 2.15. The predicted octanol–water partition coefficient (Wildman–Crippen LogP) is 20.2. The van der Waals surface area contributed by atoms with Gasteiger partial charge in [0.2, 0.25) is 0 Å². The van der Waals surface area contributed by atoms with Crippen LogP contribution in [0.5, 0.6) is 0 Å². The summed E-state index contributed by atoms with van der Waals surface area (Å²) in [7, 11) is 0. The molecule has 0 spiro atoms. The van der Waals surface area contributed by atoms with Gasteiger partial charge in [0.15, 0.2) is 6.10 Å². The van der Waals surface area contributed by atoms with Crippen molar-refractivity contribution in [3.05, 3.63) is 72.9 Å². The Hall–Kier alpha value is -3.15. The molecule has 6 heteroatoms. The molecule has 0 aromatic rings. The monoisotopic (exact) mass is 977 g/mol. The first-order valence-electron chi connectivity index (χ1n) is 29.9. The van der Waals surface area contributed by atoms with E-state index in [1.54, 1.807) is 0 Å². The molecule has 0 bridgehead atoms. The second-order valence-corrected chi connectivity index (χ2v) is 19.9. The van der Waals surface area contributed by atoms with Crippen molar-refractivity contribution < 1.29 is 28.6 Å². The summed E-state index contributed by atoms with van der Waals surface area (Å²) in [5.41, 5.74) is 0. The van der Waals surface area contributed by atoms with Crippen LogP contribution in [-0.4, -0.2) is 37.2 Å². The van der Waals surface area contributed by atoms with Gasteiger partial charge in [-0.2, -0.15) is 0 Å². The van der Waals surface area contributed by atoms with Gasteiger partial charge in [-0.25, -0.2) is 0 Å². The molecule has 0 aliphatic carbocycles. The maximum Gasteiger partial charge on any atom is 0.306 e. The quantitative estimate of drug-likeness (QED) is 0.0261. The zero-order valence-corrected chi connectivity index (χ0v) is 46.3. The van der Waals surface area contributed by atoms with E-state index in [1.165, 1.54) is 161 Å². The molecule has 0 N–H and O–H groups in total. The van der Waals surface area contributed by atoms with E-state index in [0.29, 0.717) is 19.3 Å². The smallest absolute Gasteiger partial charge is 0.306 e. The summed E-state index contributed by atoms with van der Waals surface area (Å²) in [6.45, 7) is 6.57. The molecule has 0 unspecified atom stereocenters. The Morgan fingerprint density at radius 3 is 0.886 bits per heavy atom. The van der Waals surface area contributed by atoms with E-state index in [4.69, 9.17) is 14.2 Å². The number of hydrogen-bond donors (Lipinski definition) is 0. The summed E-state index contributed by atoms with van der Waals surface area (Å²) in [5, 5.41) is 0. The minimum absolute atomic E-state index is 0.0869. The molecule has 0 fully saturated rings. The largest absolute Gasteiger partial charge is 0.462 e. The Morgan fingerprint density at radius 1 is 0.286 bits per heavy atom. The van der Waals surface area contributed by atoms with Gasteiger partial charge in [0.05, 0.1) is 0 Å². The predicted molar refractivity (Wildman–Crippen MR) is 302 cm³/mol. The molecule has 70 heavy (non-hydrogen) atoms. The summed E-state index contributed by atoms with van der Waals surface area (Å²) in [6.07, 6.45) is 74.6. The van der Waals surface area contributed by atoms with Gasteiger partial charge < -0.3 is 14.2 Å². The average molecular weight is 978 g/mol. The van der Waals surface area contributed by atoms with Crippen LogP contribution in [0.15, 0.2) is 72.9 Å². The average Bonchev–Trinajstić information content (AvgIpc) is 3.36. The number of ether oxygens (including phenoxy) is 3. The van der Waals surface area contributed by atoms with Crippen molar-refractivity contribution in [1.29, 1.82) is 0 Å². The summed E-state index contributed by atoms with van der Waals surface area (Å²) in [5.74, 6) is -0.904. The van der Waals surface area contributed by atoms with Crippen molar-refractivity contribution >= 4 is 17.9 Å². The lowest BCUT2D eigenvalue weighted by atomic mass is 10.1. The molecule has 404 valence electrons. The van der Waals surface area contributed by atoms with Crippen LogP contribution >= 0.6 is 0 Å². The van der Waals surface area contributed by atoms with Crippen molar-refractivity contribution in [3.63, 3.8) is 0 Å². The lowest BCUT2D eigenvalue weighted by Crippen LogP contribution is -2.30. The van der Waals surface area contributed by atoms with Crippen molar-refractivity contribution in [1.82, 2.24) is 0 Å². The zero-order valence-electron chi connectivity index (χ0n) is 46.3. The maximum absolute atomic E-state index is 12.9. The lowest BCUT2D eigenvalue weighted by molar-refractivity contribution is -0.167. The first-order chi connectivity index (χ1) is 34.5. The number of carbonyl (C=O) groups excluding carboxylic acids is 3. The van der Waals surface area contributed by atoms with Crippen molar-refractivity contribution in [2.24, 2.45) is 0 Å². The van der Waals surface area contributed by atoms with Gasteiger partial charge in [0.1, 0.15) is 13.2 Å². The van der Waals surface area contributed by atoms with Gasteiger partial charge in [0.25, 0.3) is 0 Å². The van der Waals surface area contributed by atoms with E-state index >= 15 is 0 Å². The number of unbranched alkanes of at least 4 members (excludes halogenated alkanes) is 31. The molecule has 0 saturated carbocycles. The number of rotatable bonds is 54. The molecule has 0 radical (unpaired) electrons. The van der Waals surface area contributed by atoms with Crippen LogP contribution in [0.1, 0.15) is 297 Å². The van der Waals surface area contributed by atoms with E-state index < -0.39 is 6.10 Å². The van der Waals surface area contributed by atoms with Crippen LogP contribution in [0.3, 0.4) is 0 Å². The van der Waals surface area contributed by atoms with Crippen LogP contribution in [-0.2, 0) is 28.6 Å². The molecule has 0 aromatic carbocycles. The van der Waals surface area contributed by atoms with Crippen LogP contribution < -0.4 is 0 Å². The van der Waals surface area contributed by atoms with Crippen LogP contribution in [0.25, 0.3) is 0 Å². The molecule has 0 saturated heterocycles. The Balaban J connectivity index is 4.40. The van der Waals surface area contributed by atoms with Gasteiger partial charge in [-0.1, -0.05) is 241 Å². The van der Waals surface area contributed by atoms with Gasteiger partial charge in [-0.15, -0.1) is 0 Å². The molecule has 0 aliphatic heterocycles. The third-order valence-electron chi connectivity index (χ3n) is 12.9. The summed E-state index contributed by atoms with van der Waals surface area (Å²) >= 11 is 0. The standard InChI is InChI=1S/C64H112O6/c1-4-7-10-13-16-19-22-25-28-30-32-34-36-39-42-45-48-51-54-57-63(66)69-60-61(59-68-62(65)56-53-50-47-44-41-38-27-24-21-18-15-12-9-6-3)70-64(67)58-55-52-49-46-43-40-37-35-33-31-29-26-23-20-17-14-11-8-5-2/h15-16,18-19,24-29,32,34,61H,4-14,17,20-23,30-31,33,35-60H2,1-3H3/b18-15-,19-16-,27-24-,28-25-,29-26-,34-32-/t61-/m1/s1. The zero-order chi connectivity index (χ0) is 50.7. The number of esters is 3. The van der Waals surface area contributed by atoms with Gasteiger partial charge in [0, 0.05) is 19.3 Å². The molecule has 1 atom stereocenters. The Kier molecular flexibility index (Phi) is 55.8. The lowest BCUT2D eigenvalue weighted by Gasteiger charge is -2.18. The summed E-state index contributed by atoms with van der Waals surface area (Å²) in [6, 6.07) is 0. The van der Waals surface area contributed by atoms with Crippen LogP contribution in [0, 0.1) is 0 Å². The topological polar surface area (TPSA) is 78.9 Å². The fourth-order valence-corrected chi connectivity index (χ4v) is 8.34. The highest BCUT2D eigenvalue weighted by molar-refractivity contribution is 5.71. The third kappa shape index (κ3) is 55.8. The Labute approximate surface area is 433 Å².